The summed E-state index contributed by atoms with van der Waals surface area (Å²) in [4.78, 5) is 12.6. The van der Waals surface area contributed by atoms with Crippen LogP contribution in [0.2, 0.25) is 0 Å². The van der Waals surface area contributed by atoms with Crippen LogP contribution in [0, 0.1) is 11.7 Å². The maximum atomic E-state index is 13.1. The minimum atomic E-state index is -0.254. The highest BCUT2D eigenvalue weighted by Gasteiger charge is 2.25. The molecule has 1 atom stereocenters. The van der Waals surface area contributed by atoms with Gasteiger partial charge in [0.2, 0.25) is 0 Å². The van der Waals surface area contributed by atoms with E-state index in [1.54, 1.807) is 24.3 Å². The highest BCUT2D eigenvalue weighted by atomic mass is 19.1. The molecule has 1 aliphatic heterocycles. The Labute approximate surface area is 147 Å². The van der Waals surface area contributed by atoms with Crippen molar-refractivity contribution in [3.05, 3.63) is 65.5 Å². The Morgan fingerprint density at radius 3 is 2.40 bits per heavy atom. The van der Waals surface area contributed by atoms with E-state index in [1.807, 2.05) is 0 Å². The Bertz CT molecular complexity index is 695. The van der Waals surface area contributed by atoms with Crippen molar-refractivity contribution in [1.29, 1.82) is 0 Å². The molecule has 2 aromatic rings. The molecule has 1 fully saturated rings. The molecule has 1 unspecified atom stereocenters. The number of benzene rings is 2. The molecule has 0 radical (unpaired) electrons. The number of aromatic hydroxyl groups is 1. The van der Waals surface area contributed by atoms with Crippen molar-refractivity contribution in [2.75, 3.05) is 13.1 Å². The van der Waals surface area contributed by atoms with Gasteiger partial charge in [0, 0.05) is 11.6 Å². The van der Waals surface area contributed by atoms with Crippen LogP contribution in [-0.4, -0.2) is 30.1 Å². The third-order valence-corrected chi connectivity index (χ3v) is 4.77. The minimum Gasteiger partial charge on any atom is -0.508 e. The molecule has 1 amide bonds. The van der Waals surface area contributed by atoms with E-state index in [-0.39, 0.29) is 23.5 Å². The first kappa shape index (κ1) is 17.4. The van der Waals surface area contributed by atoms with Crippen LogP contribution in [0.1, 0.15) is 28.8 Å². The molecule has 0 aromatic heterocycles. The third kappa shape index (κ3) is 4.79. The number of rotatable bonds is 5. The number of piperidine rings is 1. The summed E-state index contributed by atoms with van der Waals surface area (Å²) in [5.74, 6) is 0.117. The van der Waals surface area contributed by atoms with Gasteiger partial charge < -0.3 is 15.7 Å². The molecular weight excluding hydrogens is 319 g/mol. The Morgan fingerprint density at radius 1 is 1.12 bits per heavy atom. The molecule has 0 aliphatic carbocycles. The molecule has 132 valence electrons. The number of carbonyl (C=O) groups excluding carboxylic acids is 1. The molecule has 0 saturated carbocycles. The van der Waals surface area contributed by atoms with Crippen molar-refractivity contribution in [3.8, 4) is 5.75 Å². The lowest BCUT2D eigenvalue weighted by Crippen LogP contribution is -2.45. The first-order valence-electron chi connectivity index (χ1n) is 8.67. The highest BCUT2D eigenvalue weighted by Crippen LogP contribution is 2.21. The topological polar surface area (TPSA) is 61.4 Å². The second-order valence-electron chi connectivity index (χ2n) is 6.54. The van der Waals surface area contributed by atoms with E-state index in [4.69, 9.17) is 0 Å². The van der Waals surface area contributed by atoms with E-state index >= 15 is 0 Å². The summed E-state index contributed by atoms with van der Waals surface area (Å²) in [6, 6.07) is 12.7. The van der Waals surface area contributed by atoms with Gasteiger partial charge in [-0.3, -0.25) is 4.79 Å². The normalized spacial score (nSPS) is 16.4. The number of hydrogen-bond acceptors (Lipinski definition) is 3. The summed E-state index contributed by atoms with van der Waals surface area (Å²) in [6.07, 6.45) is 2.68. The summed E-state index contributed by atoms with van der Waals surface area (Å²) in [5, 5.41) is 15.9. The Balaban J connectivity index is 1.74. The van der Waals surface area contributed by atoms with E-state index in [9.17, 15) is 14.3 Å². The van der Waals surface area contributed by atoms with Gasteiger partial charge in [0.25, 0.3) is 5.91 Å². The highest BCUT2D eigenvalue weighted by molar-refractivity contribution is 5.94. The predicted molar refractivity (Wildman–Crippen MR) is 95.1 cm³/mol. The van der Waals surface area contributed by atoms with Crippen molar-refractivity contribution < 1.29 is 14.3 Å². The monoisotopic (exact) mass is 342 g/mol. The van der Waals surface area contributed by atoms with E-state index in [2.05, 4.69) is 10.6 Å². The first-order chi connectivity index (χ1) is 12.1. The average Bonchev–Trinajstić information content (AvgIpc) is 2.64. The Kier molecular flexibility index (Phi) is 5.66. The average molecular weight is 342 g/mol. The maximum absolute atomic E-state index is 13.1. The summed E-state index contributed by atoms with van der Waals surface area (Å²) in [6.45, 7) is 1.89. The van der Waals surface area contributed by atoms with Crippen LogP contribution in [0.15, 0.2) is 48.5 Å². The van der Waals surface area contributed by atoms with Gasteiger partial charge in [-0.15, -0.1) is 0 Å². The zero-order valence-electron chi connectivity index (χ0n) is 14.0. The summed E-state index contributed by atoms with van der Waals surface area (Å²) < 4.78 is 13.1. The molecule has 1 heterocycles. The number of phenolic OH excluding ortho intramolecular Hbond substituents is 1. The van der Waals surface area contributed by atoms with E-state index in [0.29, 0.717) is 17.9 Å². The van der Waals surface area contributed by atoms with Gasteiger partial charge in [-0.1, -0.05) is 12.1 Å². The predicted octanol–water partition coefficient (Wildman–Crippen LogP) is 2.87. The zero-order valence-corrected chi connectivity index (χ0v) is 14.0. The lowest BCUT2D eigenvalue weighted by atomic mass is 9.86. The van der Waals surface area contributed by atoms with Gasteiger partial charge in [-0.25, -0.2) is 4.39 Å². The van der Waals surface area contributed by atoms with Crippen LogP contribution >= 0.6 is 0 Å². The molecule has 0 spiro atoms. The number of amides is 1. The van der Waals surface area contributed by atoms with Gasteiger partial charge in [0.15, 0.2) is 0 Å². The van der Waals surface area contributed by atoms with Crippen molar-refractivity contribution in [1.82, 2.24) is 10.6 Å². The second kappa shape index (κ2) is 8.12. The SMILES string of the molecule is O=C(NC(Cc1ccc(F)cc1)C1CCNCC1)c1ccc(O)cc1. The van der Waals surface area contributed by atoms with Crippen LogP contribution < -0.4 is 10.6 Å². The molecule has 5 heteroatoms. The molecule has 25 heavy (non-hydrogen) atoms. The fourth-order valence-electron chi connectivity index (χ4n) is 3.32. The maximum Gasteiger partial charge on any atom is 0.251 e. The first-order valence-corrected chi connectivity index (χ1v) is 8.67. The summed E-state index contributed by atoms with van der Waals surface area (Å²) >= 11 is 0. The molecule has 3 rings (SSSR count). The van der Waals surface area contributed by atoms with Gasteiger partial charge in [-0.05, 0) is 80.2 Å². The standard InChI is InChI=1S/C20H23FN2O2/c21-17-5-1-14(2-6-17)13-19(15-9-11-22-12-10-15)23-20(25)16-3-7-18(24)8-4-16/h1-8,15,19,22,24H,9-13H2,(H,23,25). The quantitative estimate of drug-likeness (QED) is 0.783. The number of phenols is 1. The largest absolute Gasteiger partial charge is 0.508 e. The number of hydrogen-bond donors (Lipinski definition) is 3. The van der Waals surface area contributed by atoms with Crippen molar-refractivity contribution in [2.24, 2.45) is 5.92 Å². The van der Waals surface area contributed by atoms with Gasteiger partial charge in [-0.2, -0.15) is 0 Å². The van der Waals surface area contributed by atoms with Crippen LogP contribution in [0.3, 0.4) is 0 Å². The van der Waals surface area contributed by atoms with Crippen LogP contribution in [0.5, 0.6) is 5.75 Å². The van der Waals surface area contributed by atoms with E-state index in [1.165, 1.54) is 24.3 Å². The van der Waals surface area contributed by atoms with Gasteiger partial charge >= 0.3 is 0 Å². The smallest absolute Gasteiger partial charge is 0.251 e. The number of carbonyl (C=O) groups is 1. The Hall–Kier alpha value is -2.40. The molecule has 4 nitrogen and oxygen atoms in total. The summed E-state index contributed by atoms with van der Waals surface area (Å²) in [7, 11) is 0. The fourth-order valence-corrected chi connectivity index (χ4v) is 3.32. The van der Waals surface area contributed by atoms with Gasteiger partial charge in [0.05, 0.1) is 0 Å². The molecule has 1 saturated heterocycles. The zero-order chi connectivity index (χ0) is 17.6. The lowest BCUT2D eigenvalue weighted by molar-refractivity contribution is 0.0914. The van der Waals surface area contributed by atoms with Crippen molar-refractivity contribution in [2.45, 2.75) is 25.3 Å². The van der Waals surface area contributed by atoms with Crippen LogP contribution in [0.25, 0.3) is 0 Å². The second-order valence-corrected chi connectivity index (χ2v) is 6.54. The number of halogens is 1. The molecule has 2 aromatic carbocycles. The third-order valence-electron chi connectivity index (χ3n) is 4.77. The van der Waals surface area contributed by atoms with Crippen LogP contribution in [0.4, 0.5) is 4.39 Å². The van der Waals surface area contributed by atoms with Crippen molar-refractivity contribution >= 4 is 5.91 Å². The summed E-state index contributed by atoms with van der Waals surface area (Å²) in [5.41, 5.74) is 1.53. The molecular formula is C20H23FN2O2. The molecule has 0 bridgehead atoms. The lowest BCUT2D eigenvalue weighted by Gasteiger charge is -2.31. The fraction of sp³-hybridized carbons (Fsp3) is 0.350. The van der Waals surface area contributed by atoms with E-state index in [0.717, 1.165) is 31.5 Å². The van der Waals surface area contributed by atoms with Crippen molar-refractivity contribution in [3.63, 3.8) is 0 Å². The van der Waals surface area contributed by atoms with Crippen LogP contribution in [-0.2, 0) is 6.42 Å². The van der Waals surface area contributed by atoms with E-state index < -0.39 is 0 Å². The molecule has 3 N–H and O–H groups in total. The minimum absolute atomic E-state index is 0.00568. The Morgan fingerprint density at radius 2 is 1.76 bits per heavy atom. The number of nitrogens with one attached hydrogen (secondary N) is 2. The molecule has 1 aliphatic rings. The van der Waals surface area contributed by atoms with Gasteiger partial charge in [0.1, 0.15) is 11.6 Å².